The van der Waals surface area contributed by atoms with Crippen LogP contribution in [0.4, 0.5) is 0 Å². The number of halogens is 2. The molecule has 0 saturated heterocycles. The van der Waals surface area contributed by atoms with E-state index in [9.17, 15) is 0 Å². The van der Waals surface area contributed by atoms with Crippen molar-refractivity contribution >= 4 is 49.8 Å². The van der Waals surface area contributed by atoms with Crippen LogP contribution >= 0.6 is 38.9 Å². The predicted molar refractivity (Wildman–Crippen MR) is 100.0 cm³/mol. The van der Waals surface area contributed by atoms with Crippen molar-refractivity contribution in [2.24, 2.45) is 0 Å². The van der Waals surface area contributed by atoms with Gasteiger partial charge < -0.3 is 4.74 Å². The van der Waals surface area contributed by atoms with Gasteiger partial charge in [0.15, 0.2) is 0 Å². The molecule has 0 radical (unpaired) electrons. The second kappa shape index (κ2) is 6.94. The zero-order valence-corrected chi connectivity index (χ0v) is 15.9. The van der Waals surface area contributed by atoms with Crippen molar-refractivity contribution in [3.05, 3.63) is 44.5 Å². The minimum absolute atomic E-state index is 0.161. The van der Waals surface area contributed by atoms with Crippen molar-refractivity contribution in [3.8, 4) is 5.88 Å². The topological polar surface area (TPSA) is 47.9 Å². The zero-order chi connectivity index (χ0) is 16.5. The molecule has 1 aliphatic carbocycles. The average molecular weight is 425 g/mol. The minimum atomic E-state index is 0.161. The summed E-state index contributed by atoms with van der Waals surface area (Å²) in [6, 6.07) is 3.73. The highest BCUT2D eigenvalue weighted by atomic mass is 79.9. The average Bonchev–Trinajstić information content (AvgIpc) is 3.11. The molecule has 1 saturated carbocycles. The summed E-state index contributed by atoms with van der Waals surface area (Å²) in [6.07, 6.45) is 7.99. The molecule has 0 aromatic carbocycles. The van der Waals surface area contributed by atoms with Crippen molar-refractivity contribution in [2.75, 3.05) is 0 Å². The third-order valence-electron chi connectivity index (χ3n) is 4.33. The molecule has 3 aromatic rings. The van der Waals surface area contributed by atoms with Crippen LogP contribution in [0.3, 0.4) is 0 Å². The van der Waals surface area contributed by atoms with Crippen molar-refractivity contribution in [1.82, 2.24) is 15.0 Å². The van der Waals surface area contributed by atoms with Crippen molar-refractivity contribution in [3.63, 3.8) is 0 Å². The first-order valence-corrected chi connectivity index (χ1v) is 9.92. The van der Waals surface area contributed by atoms with Gasteiger partial charge in [-0.1, -0.05) is 11.6 Å². The summed E-state index contributed by atoms with van der Waals surface area (Å²) < 4.78 is 7.10. The van der Waals surface area contributed by atoms with E-state index in [0.29, 0.717) is 17.0 Å². The number of nitrogens with zero attached hydrogens (tertiary/aromatic N) is 3. The summed E-state index contributed by atoms with van der Waals surface area (Å²) >= 11 is 11.3. The van der Waals surface area contributed by atoms with Gasteiger partial charge in [0.2, 0.25) is 5.88 Å². The summed E-state index contributed by atoms with van der Waals surface area (Å²) in [4.78, 5) is 13.2. The fourth-order valence-corrected chi connectivity index (χ4v) is 4.47. The first-order chi connectivity index (χ1) is 11.7. The molecule has 0 atom stereocenters. The van der Waals surface area contributed by atoms with Crippen LogP contribution in [0, 0.1) is 0 Å². The second-order valence-electron chi connectivity index (χ2n) is 5.93. The fraction of sp³-hybridized carbons (Fsp3) is 0.353. The van der Waals surface area contributed by atoms with Crippen molar-refractivity contribution in [1.29, 1.82) is 0 Å². The van der Waals surface area contributed by atoms with Gasteiger partial charge in [-0.3, -0.25) is 4.98 Å². The molecule has 0 aliphatic heterocycles. The van der Waals surface area contributed by atoms with Crippen molar-refractivity contribution in [2.45, 2.75) is 37.7 Å². The lowest BCUT2D eigenvalue weighted by Gasteiger charge is -2.27. The normalized spacial score (nSPS) is 21.1. The van der Waals surface area contributed by atoms with Crippen LogP contribution in [-0.2, 0) is 0 Å². The summed E-state index contributed by atoms with van der Waals surface area (Å²) in [7, 11) is 0. The van der Waals surface area contributed by atoms with Gasteiger partial charge in [-0.2, -0.15) is 0 Å². The zero-order valence-electron chi connectivity index (χ0n) is 12.8. The lowest BCUT2D eigenvalue weighted by Crippen LogP contribution is -2.23. The van der Waals surface area contributed by atoms with Crippen LogP contribution < -0.4 is 4.74 Å². The Hall–Kier alpha value is -1.24. The Morgan fingerprint density at radius 3 is 2.75 bits per heavy atom. The molecule has 124 valence electrons. The van der Waals surface area contributed by atoms with E-state index in [0.717, 1.165) is 41.1 Å². The van der Waals surface area contributed by atoms with E-state index < -0.39 is 0 Å². The molecule has 1 aliphatic rings. The first-order valence-electron chi connectivity index (χ1n) is 7.87. The molecule has 4 rings (SSSR count). The maximum absolute atomic E-state index is 6.20. The number of thiazole rings is 1. The van der Waals surface area contributed by atoms with Crippen LogP contribution in [0.15, 0.2) is 34.4 Å². The maximum Gasteiger partial charge on any atom is 0.224 e. The Morgan fingerprint density at radius 1 is 1.17 bits per heavy atom. The molecule has 0 bridgehead atoms. The SMILES string of the molecule is Clc1cc2ncc(Br)cc2c(OC2CCC(c3nccs3)CC2)n1. The monoisotopic (exact) mass is 423 g/mol. The van der Waals surface area contributed by atoms with Crippen LogP contribution in [0.1, 0.15) is 36.6 Å². The molecular formula is C17H15BrClN3OS. The standard InChI is InChI=1S/C17H15BrClN3OS/c18-11-7-13-14(21-9-11)8-15(19)22-16(13)23-12-3-1-10(2-4-12)17-20-5-6-24-17/h5-10,12H,1-4H2. The number of pyridine rings is 2. The number of ether oxygens (including phenoxy) is 1. The highest BCUT2D eigenvalue weighted by Gasteiger charge is 2.26. The van der Waals surface area contributed by atoms with E-state index in [4.69, 9.17) is 16.3 Å². The van der Waals surface area contributed by atoms with Gasteiger partial charge in [0, 0.05) is 34.2 Å². The molecule has 1 fully saturated rings. The molecule has 0 unspecified atom stereocenters. The van der Waals surface area contributed by atoms with Gasteiger partial charge in [-0.05, 0) is 47.7 Å². The van der Waals surface area contributed by atoms with Gasteiger partial charge in [0.25, 0.3) is 0 Å². The fourth-order valence-electron chi connectivity index (χ4n) is 3.15. The third kappa shape index (κ3) is 3.41. The molecule has 3 heterocycles. The Balaban J connectivity index is 1.52. The predicted octanol–water partition coefficient (Wildman–Crippen LogP) is 5.61. The highest BCUT2D eigenvalue weighted by molar-refractivity contribution is 9.10. The van der Waals surface area contributed by atoms with Crippen molar-refractivity contribution < 1.29 is 4.74 Å². The molecule has 3 aromatic heterocycles. The molecule has 7 heteroatoms. The summed E-state index contributed by atoms with van der Waals surface area (Å²) in [5, 5.41) is 4.58. The van der Waals surface area contributed by atoms with Gasteiger partial charge in [0.05, 0.1) is 15.9 Å². The largest absolute Gasteiger partial charge is 0.474 e. The smallest absolute Gasteiger partial charge is 0.224 e. The van der Waals surface area contributed by atoms with E-state index >= 15 is 0 Å². The number of aromatic nitrogens is 3. The summed E-state index contributed by atoms with van der Waals surface area (Å²) in [6.45, 7) is 0. The number of fused-ring (bicyclic) bond motifs is 1. The van der Waals surface area contributed by atoms with Crippen LogP contribution in [0.25, 0.3) is 10.9 Å². The highest BCUT2D eigenvalue weighted by Crippen LogP contribution is 2.36. The summed E-state index contributed by atoms with van der Waals surface area (Å²) in [5.41, 5.74) is 0.796. The van der Waals surface area contributed by atoms with Crippen LogP contribution in [0.5, 0.6) is 5.88 Å². The second-order valence-corrected chi connectivity index (χ2v) is 8.16. The molecule has 0 amide bonds. The van der Waals surface area contributed by atoms with E-state index in [-0.39, 0.29) is 6.10 Å². The molecule has 0 spiro atoms. The van der Waals surface area contributed by atoms with E-state index in [1.54, 1.807) is 23.6 Å². The lowest BCUT2D eigenvalue weighted by molar-refractivity contribution is 0.142. The third-order valence-corrected chi connectivity index (χ3v) is 5.90. The van der Waals surface area contributed by atoms with Gasteiger partial charge in [-0.25, -0.2) is 9.97 Å². The first kappa shape index (κ1) is 16.2. The molecule has 4 nitrogen and oxygen atoms in total. The Bertz CT molecular complexity index is 850. The van der Waals surface area contributed by atoms with Crippen LogP contribution in [0.2, 0.25) is 5.15 Å². The number of rotatable bonds is 3. The minimum Gasteiger partial charge on any atom is -0.474 e. The van der Waals surface area contributed by atoms with E-state index in [1.165, 1.54) is 5.01 Å². The quantitative estimate of drug-likeness (QED) is 0.513. The number of hydrogen-bond donors (Lipinski definition) is 0. The molecule has 24 heavy (non-hydrogen) atoms. The van der Waals surface area contributed by atoms with E-state index in [2.05, 4.69) is 30.9 Å². The molecule has 0 N–H and O–H groups in total. The molecular weight excluding hydrogens is 410 g/mol. The summed E-state index contributed by atoms with van der Waals surface area (Å²) in [5.74, 6) is 1.13. The van der Waals surface area contributed by atoms with Crippen LogP contribution in [-0.4, -0.2) is 21.1 Å². The van der Waals surface area contributed by atoms with Gasteiger partial charge >= 0.3 is 0 Å². The Morgan fingerprint density at radius 2 is 2.00 bits per heavy atom. The lowest BCUT2D eigenvalue weighted by atomic mass is 9.88. The van der Waals surface area contributed by atoms with E-state index in [1.807, 2.05) is 17.6 Å². The Labute approximate surface area is 157 Å². The Kier molecular flexibility index (Phi) is 4.70. The van der Waals surface area contributed by atoms with Gasteiger partial charge in [0.1, 0.15) is 11.3 Å². The maximum atomic E-state index is 6.20. The van der Waals surface area contributed by atoms with Gasteiger partial charge in [-0.15, -0.1) is 11.3 Å². The number of hydrogen-bond acceptors (Lipinski definition) is 5.